The van der Waals surface area contributed by atoms with Crippen LogP contribution in [0.5, 0.6) is 5.75 Å². The molecule has 0 spiro atoms. The first-order chi connectivity index (χ1) is 8.63. The molecule has 1 aromatic carbocycles. The minimum absolute atomic E-state index is 0.117. The molecule has 0 fully saturated rings. The molecule has 0 saturated carbocycles. The highest BCUT2D eigenvalue weighted by Gasteiger charge is 2.05. The van der Waals surface area contributed by atoms with Gasteiger partial charge in [0, 0.05) is 6.54 Å². The van der Waals surface area contributed by atoms with Crippen molar-refractivity contribution in [2.24, 2.45) is 5.73 Å². The summed E-state index contributed by atoms with van der Waals surface area (Å²) in [6.07, 6.45) is 1.77. The quantitative estimate of drug-likeness (QED) is 0.770. The summed E-state index contributed by atoms with van der Waals surface area (Å²) >= 11 is 0. The van der Waals surface area contributed by atoms with Gasteiger partial charge in [-0.2, -0.15) is 0 Å². The van der Waals surface area contributed by atoms with Gasteiger partial charge in [-0.25, -0.2) is 0 Å². The number of carbonyl (C=O) groups is 1. The molecule has 0 aliphatic heterocycles. The van der Waals surface area contributed by atoms with Crippen LogP contribution >= 0.6 is 0 Å². The third kappa shape index (κ3) is 5.19. The Labute approximate surface area is 109 Å². The van der Waals surface area contributed by atoms with Crippen LogP contribution in [0.2, 0.25) is 0 Å². The zero-order valence-electron chi connectivity index (χ0n) is 11.1. The lowest BCUT2D eigenvalue weighted by Crippen LogP contribution is -2.39. The Bertz CT molecular complexity index is 378. The lowest BCUT2D eigenvalue weighted by molar-refractivity contribution is -0.121. The van der Waals surface area contributed by atoms with Crippen LogP contribution in [0.1, 0.15) is 25.8 Å². The van der Waals surface area contributed by atoms with E-state index in [0.717, 1.165) is 30.8 Å². The highest BCUT2D eigenvalue weighted by Crippen LogP contribution is 2.13. The van der Waals surface area contributed by atoms with Gasteiger partial charge in [0.25, 0.3) is 0 Å². The Morgan fingerprint density at radius 2 is 2.28 bits per heavy atom. The second-order valence-electron chi connectivity index (χ2n) is 4.33. The van der Waals surface area contributed by atoms with Crippen molar-refractivity contribution in [3.8, 4) is 5.75 Å². The summed E-state index contributed by atoms with van der Waals surface area (Å²) < 4.78 is 5.55. The van der Waals surface area contributed by atoms with E-state index in [9.17, 15) is 4.79 Å². The Morgan fingerprint density at radius 1 is 1.50 bits per heavy atom. The fraction of sp³-hybridized carbons (Fsp3) is 0.500. The molecule has 0 heterocycles. The molecular formula is C14H22N2O2. The lowest BCUT2D eigenvalue weighted by Gasteiger charge is -2.09. The minimum Gasteiger partial charge on any atom is -0.494 e. The maximum atomic E-state index is 11.3. The molecule has 4 nitrogen and oxygen atoms in total. The third-order valence-electron chi connectivity index (χ3n) is 2.50. The minimum atomic E-state index is -0.454. The van der Waals surface area contributed by atoms with Crippen LogP contribution in [0.15, 0.2) is 24.3 Å². The monoisotopic (exact) mass is 250 g/mol. The van der Waals surface area contributed by atoms with Crippen molar-refractivity contribution in [2.75, 3.05) is 13.2 Å². The molecule has 0 aromatic heterocycles. The van der Waals surface area contributed by atoms with Gasteiger partial charge in [0.1, 0.15) is 5.75 Å². The predicted molar refractivity (Wildman–Crippen MR) is 72.6 cm³/mol. The number of carbonyl (C=O) groups excluding carboxylic acids is 1. The van der Waals surface area contributed by atoms with Gasteiger partial charge in [-0.3, -0.25) is 4.79 Å². The largest absolute Gasteiger partial charge is 0.494 e. The van der Waals surface area contributed by atoms with Crippen LogP contribution in [0, 0.1) is 0 Å². The Morgan fingerprint density at radius 3 is 2.94 bits per heavy atom. The van der Waals surface area contributed by atoms with E-state index >= 15 is 0 Å². The second-order valence-corrected chi connectivity index (χ2v) is 4.33. The molecule has 1 rings (SSSR count). The molecule has 0 bridgehead atoms. The van der Waals surface area contributed by atoms with Gasteiger partial charge in [0.15, 0.2) is 0 Å². The van der Waals surface area contributed by atoms with Gasteiger partial charge in [-0.15, -0.1) is 0 Å². The lowest BCUT2D eigenvalue weighted by atomic mass is 10.1. The van der Waals surface area contributed by atoms with Crippen LogP contribution in [-0.2, 0) is 11.2 Å². The number of benzene rings is 1. The van der Waals surface area contributed by atoms with Crippen molar-refractivity contribution in [2.45, 2.75) is 32.7 Å². The topological polar surface area (TPSA) is 64.3 Å². The van der Waals surface area contributed by atoms with Gasteiger partial charge < -0.3 is 15.8 Å². The summed E-state index contributed by atoms with van der Waals surface area (Å²) in [5.41, 5.74) is 6.61. The normalized spacial score (nSPS) is 11.9. The number of rotatable bonds is 7. The average molecular weight is 250 g/mol. The predicted octanol–water partition coefficient (Wildman–Crippen LogP) is 1.48. The van der Waals surface area contributed by atoms with Crippen LogP contribution in [0.25, 0.3) is 0 Å². The molecule has 3 N–H and O–H groups in total. The first-order valence-corrected chi connectivity index (χ1v) is 6.38. The molecular weight excluding hydrogens is 228 g/mol. The molecule has 4 heteroatoms. The molecule has 1 amide bonds. The SMILES string of the molecule is CCCOc1cccc(CCNC(=O)C(C)N)c1. The molecule has 0 radical (unpaired) electrons. The molecule has 100 valence electrons. The van der Waals surface area contributed by atoms with Crippen molar-refractivity contribution in [1.82, 2.24) is 5.32 Å². The summed E-state index contributed by atoms with van der Waals surface area (Å²) in [6, 6.07) is 7.49. The van der Waals surface area contributed by atoms with Crippen molar-refractivity contribution < 1.29 is 9.53 Å². The van der Waals surface area contributed by atoms with E-state index in [1.165, 1.54) is 0 Å². The van der Waals surface area contributed by atoms with Crippen molar-refractivity contribution in [3.63, 3.8) is 0 Å². The molecule has 0 aliphatic carbocycles. The summed E-state index contributed by atoms with van der Waals surface area (Å²) in [6.45, 7) is 5.07. The molecule has 18 heavy (non-hydrogen) atoms. The van der Waals surface area contributed by atoms with Gasteiger partial charge in [-0.1, -0.05) is 19.1 Å². The number of ether oxygens (including phenoxy) is 1. The van der Waals surface area contributed by atoms with Crippen LogP contribution < -0.4 is 15.8 Å². The number of hydrogen-bond donors (Lipinski definition) is 2. The smallest absolute Gasteiger partial charge is 0.236 e. The van der Waals surface area contributed by atoms with E-state index in [1.807, 2.05) is 24.3 Å². The fourth-order valence-electron chi connectivity index (χ4n) is 1.50. The van der Waals surface area contributed by atoms with E-state index < -0.39 is 6.04 Å². The zero-order valence-corrected chi connectivity index (χ0v) is 11.1. The number of amides is 1. The maximum Gasteiger partial charge on any atom is 0.236 e. The van der Waals surface area contributed by atoms with E-state index in [0.29, 0.717) is 6.54 Å². The Hall–Kier alpha value is -1.55. The second kappa shape index (κ2) is 7.71. The van der Waals surface area contributed by atoms with E-state index in [2.05, 4.69) is 12.2 Å². The third-order valence-corrected chi connectivity index (χ3v) is 2.50. The van der Waals surface area contributed by atoms with Crippen molar-refractivity contribution >= 4 is 5.91 Å². The summed E-state index contributed by atoms with van der Waals surface area (Å²) in [5, 5.41) is 2.79. The van der Waals surface area contributed by atoms with Gasteiger partial charge in [0.2, 0.25) is 5.91 Å². The summed E-state index contributed by atoms with van der Waals surface area (Å²) in [4.78, 5) is 11.3. The average Bonchev–Trinajstić information content (AvgIpc) is 2.36. The van der Waals surface area contributed by atoms with Crippen molar-refractivity contribution in [3.05, 3.63) is 29.8 Å². The standard InChI is InChI=1S/C14H22N2O2/c1-3-9-18-13-6-4-5-12(10-13)7-8-16-14(17)11(2)15/h4-6,10-11H,3,7-9,15H2,1-2H3,(H,16,17). The van der Waals surface area contributed by atoms with Crippen LogP contribution in [0.3, 0.4) is 0 Å². The Kier molecular flexibility index (Phi) is 6.22. The molecule has 1 atom stereocenters. The van der Waals surface area contributed by atoms with E-state index in [4.69, 9.17) is 10.5 Å². The number of hydrogen-bond acceptors (Lipinski definition) is 3. The molecule has 0 aliphatic rings. The number of nitrogens with one attached hydrogen (secondary N) is 1. The fourth-order valence-corrected chi connectivity index (χ4v) is 1.50. The highest BCUT2D eigenvalue weighted by atomic mass is 16.5. The summed E-state index contributed by atoms with van der Waals surface area (Å²) in [7, 11) is 0. The van der Waals surface area contributed by atoms with Crippen molar-refractivity contribution in [1.29, 1.82) is 0 Å². The van der Waals surface area contributed by atoms with Crippen LogP contribution in [0.4, 0.5) is 0 Å². The molecule has 0 saturated heterocycles. The van der Waals surface area contributed by atoms with Crippen LogP contribution in [-0.4, -0.2) is 25.1 Å². The first-order valence-electron chi connectivity index (χ1n) is 6.38. The summed E-state index contributed by atoms with van der Waals surface area (Å²) in [5.74, 6) is 0.765. The molecule has 1 unspecified atom stereocenters. The van der Waals surface area contributed by atoms with E-state index in [-0.39, 0.29) is 5.91 Å². The first kappa shape index (κ1) is 14.5. The maximum absolute atomic E-state index is 11.3. The van der Waals surface area contributed by atoms with Gasteiger partial charge in [-0.05, 0) is 37.5 Å². The Balaban J connectivity index is 2.40. The van der Waals surface area contributed by atoms with Gasteiger partial charge in [0.05, 0.1) is 12.6 Å². The zero-order chi connectivity index (χ0) is 13.4. The molecule has 1 aromatic rings. The van der Waals surface area contributed by atoms with E-state index in [1.54, 1.807) is 6.92 Å². The van der Waals surface area contributed by atoms with Gasteiger partial charge >= 0.3 is 0 Å². The highest BCUT2D eigenvalue weighted by molar-refractivity contribution is 5.80. The number of nitrogens with two attached hydrogens (primary N) is 1.